The van der Waals surface area contributed by atoms with Gasteiger partial charge in [-0.1, -0.05) is 72.8 Å². The quantitative estimate of drug-likeness (QED) is 0.382. The van der Waals surface area contributed by atoms with E-state index in [0.29, 0.717) is 13.1 Å². The Morgan fingerprint density at radius 2 is 1.06 bits per heavy atom. The van der Waals surface area contributed by atoms with Gasteiger partial charge in [-0.15, -0.1) is 0 Å². The standard InChI is InChI=1S/C29H26N2O/c32-23(20-31-28-15-7-3-11-24(28)25-12-4-8-16-29(25)31)19-30-26-13-5-1-9-21(26)17-18-22-10-2-6-14-27(22)30/h1-16,23,32H,17-20H2. The minimum atomic E-state index is -0.520. The van der Waals surface area contributed by atoms with E-state index in [1.54, 1.807) is 0 Å². The third-order valence-corrected chi connectivity index (χ3v) is 6.70. The Morgan fingerprint density at radius 3 is 1.62 bits per heavy atom. The van der Waals surface area contributed by atoms with Gasteiger partial charge in [0.05, 0.1) is 19.2 Å². The van der Waals surface area contributed by atoms with Crippen molar-refractivity contribution in [2.24, 2.45) is 0 Å². The van der Waals surface area contributed by atoms with Crippen molar-refractivity contribution >= 4 is 33.2 Å². The van der Waals surface area contributed by atoms with Crippen molar-refractivity contribution in [1.29, 1.82) is 0 Å². The maximum Gasteiger partial charge on any atom is 0.0898 e. The van der Waals surface area contributed by atoms with Gasteiger partial charge in [0.2, 0.25) is 0 Å². The van der Waals surface area contributed by atoms with Crippen LogP contribution in [0.5, 0.6) is 0 Å². The highest BCUT2D eigenvalue weighted by Crippen LogP contribution is 2.36. The summed E-state index contributed by atoms with van der Waals surface area (Å²) in [6, 6.07) is 34.2. The Kier molecular flexibility index (Phi) is 4.70. The number of nitrogens with zero attached hydrogens (tertiary/aromatic N) is 2. The van der Waals surface area contributed by atoms with Gasteiger partial charge in [-0.2, -0.15) is 0 Å². The molecule has 1 aliphatic heterocycles. The van der Waals surface area contributed by atoms with Crippen LogP contribution in [0.4, 0.5) is 11.4 Å². The molecular weight excluding hydrogens is 392 g/mol. The maximum atomic E-state index is 11.4. The minimum Gasteiger partial charge on any atom is -0.389 e. The third-order valence-electron chi connectivity index (χ3n) is 6.70. The summed E-state index contributed by atoms with van der Waals surface area (Å²) < 4.78 is 2.27. The van der Waals surface area contributed by atoms with Crippen molar-refractivity contribution in [1.82, 2.24) is 4.57 Å². The first-order valence-corrected chi connectivity index (χ1v) is 11.4. The maximum absolute atomic E-state index is 11.4. The molecule has 0 amide bonds. The lowest BCUT2D eigenvalue weighted by Crippen LogP contribution is -2.32. The molecule has 6 rings (SSSR count). The molecule has 1 aromatic heterocycles. The number of β-amino-alcohol motifs (C(OH)–C–C–N with tert-alkyl or cyclic N) is 1. The zero-order valence-electron chi connectivity index (χ0n) is 18.0. The van der Waals surface area contributed by atoms with Gasteiger partial charge in [-0.05, 0) is 48.2 Å². The average Bonchev–Trinajstić information content (AvgIpc) is 3.06. The van der Waals surface area contributed by atoms with Crippen molar-refractivity contribution in [3.8, 4) is 0 Å². The number of para-hydroxylation sites is 4. The van der Waals surface area contributed by atoms with Crippen LogP contribution in [-0.2, 0) is 19.4 Å². The second-order valence-corrected chi connectivity index (χ2v) is 8.67. The van der Waals surface area contributed by atoms with Crippen LogP contribution in [0.25, 0.3) is 21.8 Å². The molecule has 1 unspecified atom stereocenters. The number of benzene rings is 4. The van der Waals surface area contributed by atoms with E-state index in [4.69, 9.17) is 0 Å². The van der Waals surface area contributed by atoms with Crippen molar-refractivity contribution in [2.75, 3.05) is 11.4 Å². The lowest BCUT2D eigenvalue weighted by atomic mass is 10.0. The zero-order chi connectivity index (χ0) is 21.5. The average molecular weight is 419 g/mol. The number of rotatable bonds is 4. The fourth-order valence-corrected chi connectivity index (χ4v) is 5.25. The Hall–Kier alpha value is -3.56. The molecular formula is C29H26N2O. The lowest BCUT2D eigenvalue weighted by Gasteiger charge is -2.29. The molecule has 158 valence electrons. The summed E-state index contributed by atoms with van der Waals surface area (Å²) in [4.78, 5) is 2.32. The molecule has 0 spiro atoms. The van der Waals surface area contributed by atoms with Gasteiger partial charge in [-0.25, -0.2) is 0 Å². The second-order valence-electron chi connectivity index (χ2n) is 8.67. The highest BCUT2D eigenvalue weighted by atomic mass is 16.3. The number of fused-ring (bicyclic) bond motifs is 5. The summed E-state index contributed by atoms with van der Waals surface area (Å²) >= 11 is 0. The minimum absolute atomic E-state index is 0.520. The summed E-state index contributed by atoms with van der Waals surface area (Å²) in [5.74, 6) is 0. The van der Waals surface area contributed by atoms with Crippen LogP contribution in [0.3, 0.4) is 0 Å². The van der Waals surface area contributed by atoms with E-state index in [9.17, 15) is 5.11 Å². The van der Waals surface area contributed by atoms with E-state index in [1.807, 2.05) is 0 Å². The number of aliphatic hydroxyl groups is 1. The number of hydrogen-bond donors (Lipinski definition) is 1. The molecule has 0 saturated carbocycles. The Bertz CT molecular complexity index is 1320. The van der Waals surface area contributed by atoms with Crippen LogP contribution < -0.4 is 4.90 Å². The van der Waals surface area contributed by atoms with E-state index in [-0.39, 0.29) is 0 Å². The van der Waals surface area contributed by atoms with Crippen LogP contribution in [0, 0.1) is 0 Å². The molecule has 0 saturated heterocycles. The van der Waals surface area contributed by atoms with Crippen LogP contribution in [0.2, 0.25) is 0 Å². The zero-order valence-corrected chi connectivity index (χ0v) is 18.0. The third kappa shape index (κ3) is 3.17. The first-order chi connectivity index (χ1) is 15.8. The van der Waals surface area contributed by atoms with Gasteiger partial charge in [0, 0.05) is 33.2 Å². The molecule has 0 radical (unpaired) electrons. The van der Waals surface area contributed by atoms with Gasteiger partial charge in [0.15, 0.2) is 0 Å². The topological polar surface area (TPSA) is 28.4 Å². The highest BCUT2D eigenvalue weighted by Gasteiger charge is 2.23. The predicted molar refractivity (Wildman–Crippen MR) is 133 cm³/mol. The van der Waals surface area contributed by atoms with Gasteiger partial charge in [0.1, 0.15) is 0 Å². The summed E-state index contributed by atoms with van der Waals surface area (Å²) in [5, 5.41) is 13.8. The molecule has 2 heterocycles. The monoisotopic (exact) mass is 418 g/mol. The Morgan fingerprint density at radius 1 is 0.594 bits per heavy atom. The predicted octanol–water partition coefficient (Wildman–Crippen LogP) is 6.09. The fraction of sp³-hybridized carbons (Fsp3) is 0.172. The Labute approximate surface area is 188 Å². The van der Waals surface area contributed by atoms with E-state index < -0.39 is 6.10 Å². The molecule has 1 aliphatic rings. The molecule has 3 nitrogen and oxygen atoms in total. The first-order valence-electron chi connectivity index (χ1n) is 11.4. The number of aromatic nitrogens is 1. The molecule has 0 aliphatic carbocycles. The van der Waals surface area contributed by atoms with E-state index in [2.05, 4.69) is 107 Å². The molecule has 4 aromatic carbocycles. The molecule has 5 aromatic rings. The molecule has 0 fully saturated rings. The van der Waals surface area contributed by atoms with Crippen LogP contribution >= 0.6 is 0 Å². The molecule has 32 heavy (non-hydrogen) atoms. The van der Waals surface area contributed by atoms with Gasteiger partial charge in [-0.3, -0.25) is 0 Å². The van der Waals surface area contributed by atoms with Crippen molar-refractivity contribution < 1.29 is 5.11 Å². The second kappa shape index (κ2) is 7.85. The number of hydrogen-bond acceptors (Lipinski definition) is 2. The lowest BCUT2D eigenvalue weighted by molar-refractivity contribution is 0.165. The molecule has 0 bridgehead atoms. The van der Waals surface area contributed by atoms with Gasteiger partial charge >= 0.3 is 0 Å². The summed E-state index contributed by atoms with van der Waals surface area (Å²) in [5.41, 5.74) is 7.44. The van der Waals surface area contributed by atoms with Crippen molar-refractivity contribution in [2.45, 2.75) is 25.5 Å². The Balaban J connectivity index is 1.39. The SMILES string of the molecule is OC(CN1c2ccccc2CCc2ccccc21)Cn1c2ccccc2c2ccccc21. The van der Waals surface area contributed by atoms with Crippen LogP contribution in [0.15, 0.2) is 97.1 Å². The number of aryl methyl sites for hydroxylation is 2. The molecule has 3 heteroatoms. The summed E-state index contributed by atoms with van der Waals surface area (Å²) in [6.07, 6.45) is 1.52. The normalized spacial score (nSPS) is 14.2. The van der Waals surface area contributed by atoms with Crippen molar-refractivity contribution in [3.05, 3.63) is 108 Å². The van der Waals surface area contributed by atoms with E-state index >= 15 is 0 Å². The van der Waals surface area contributed by atoms with E-state index in [0.717, 1.165) is 12.8 Å². The smallest absolute Gasteiger partial charge is 0.0898 e. The van der Waals surface area contributed by atoms with E-state index in [1.165, 1.54) is 44.3 Å². The summed E-state index contributed by atoms with van der Waals surface area (Å²) in [7, 11) is 0. The van der Waals surface area contributed by atoms with Gasteiger partial charge in [0.25, 0.3) is 0 Å². The number of aliphatic hydroxyl groups excluding tert-OH is 1. The highest BCUT2D eigenvalue weighted by molar-refractivity contribution is 6.07. The molecule has 1 N–H and O–H groups in total. The summed E-state index contributed by atoms with van der Waals surface area (Å²) in [6.45, 7) is 1.10. The van der Waals surface area contributed by atoms with Crippen molar-refractivity contribution in [3.63, 3.8) is 0 Å². The fourth-order valence-electron chi connectivity index (χ4n) is 5.25. The first kappa shape index (κ1) is 19.1. The van der Waals surface area contributed by atoms with Crippen LogP contribution in [0.1, 0.15) is 11.1 Å². The van der Waals surface area contributed by atoms with Crippen LogP contribution in [-0.4, -0.2) is 22.3 Å². The van der Waals surface area contributed by atoms with Gasteiger partial charge < -0.3 is 14.6 Å². The molecule has 1 atom stereocenters. The number of anilines is 2. The largest absolute Gasteiger partial charge is 0.389 e.